The summed E-state index contributed by atoms with van der Waals surface area (Å²) in [6, 6.07) is -0.0865. The van der Waals surface area contributed by atoms with Crippen molar-refractivity contribution in [2.24, 2.45) is 4.99 Å². The third kappa shape index (κ3) is 4.67. The van der Waals surface area contributed by atoms with Gasteiger partial charge in [-0.2, -0.15) is 0 Å². The summed E-state index contributed by atoms with van der Waals surface area (Å²) >= 11 is 5.96. The van der Waals surface area contributed by atoms with Crippen LogP contribution in [0.4, 0.5) is 0 Å². The Labute approximate surface area is 117 Å². The molecule has 0 aromatic heterocycles. The minimum absolute atomic E-state index is 0.0865. The lowest BCUT2D eigenvalue weighted by Crippen LogP contribution is -2.40. The third-order valence-corrected chi connectivity index (χ3v) is 4.40. The summed E-state index contributed by atoms with van der Waals surface area (Å²) in [7, 11) is -1.13. The molecule has 0 saturated carbocycles. The fourth-order valence-corrected chi connectivity index (χ4v) is 2.54. The summed E-state index contributed by atoms with van der Waals surface area (Å²) < 4.78 is 14.9. The summed E-state index contributed by atoms with van der Waals surface area (Å²) in [4.78, 5) is 4.33. The number of nitrogens with zero attached hydrogens (tertiary/aromatic N) is 1. The second-order valence-corrected chi connectivity index (χ2v) is 7.67. The van der Waals surface area contributed by atoms with E-state index in [-0.39, 0.29) is 10.8 Å². The first-order valence-electron chi connectivity index (χ1n) is 6.06. The molecule has 2 atom stereocenters. The van der Waals surface area contributed by atoms with E-state index in [0.717, 1.165) is 18.5 Å². The molecule has 5 heteroatoms. The van der Waals surface area contributed by atoms with E-state index in [1.54, 1.807) is 6.08 Å². The van der Waals surface area contributed by atoms with E-state index in [9.17, 15) is 4.21 Å². The maximum absolute atomic E-state index is 12.1. The lowest BCUT2D eigenvalue weighted by molar-refractivity contribution is 0.612. The first kappa shape index (κ1) is 15.6. The minimum atomic E-state index is -1.13. The molecule has 0 bridgehead atoms. The van der Waals surface area contributed by atoms with Crippen LogP contribution in [-0.4, -0.2) is 20.2 Å². The lowest BCUT2D eigenvalue weighted by Gasteiger charge is -2.25. The van der Waals surface area contributed by atoms with Gasteiger partial charge in [-0.15, -0.1) is 6.58 Å². The van der Waals surface area contributed by atoms with Crippen molar-refractivity contribution in [2.75, 3.05) is 0 Å². The van der Waals surface area contributed by atoms with E-state index in [2.05, 4.69) is 16.3 Å². The molecule has 18 heavy (non-hydrogen) atoms. The molecule has 0 saturated heterocycles. The predicted octanol–water partition coefficient (Wildman–Crippen LogP) is 3.30. The van der Waals surface area contributed by atoms with Crippen molar-refractivity contribution in [1.82, 2.24) is 4.72 Å². The van der Waals surface area contributed by atoms with E-state index in [4.69, 9.17) is 11.6 Å². The van der Waals surface area contributed by atoms with Crippen LogP contribution in [0.1, 0.15) is 40.0 Å². The molecule has 0 spiro atoms. The molecule has 0 aliphatic carbocycles. The highest BCUT2D eigenvalue weighted by molar-refractivity contribution is 7.84. The molecular formula is C13H21ClN2OS. The number of allylic oxidation sites excluding steroid dienone is 1. The zero-order chi connectivity index (χ0) is 13.8. The highest BCUT2D eigenvalue weighted by Crippen LogP contribution is 2.20. The number of hydrogen-bond acceptors (Lipinski definition) is 2. The van der Waals surface area contributed by atoms with E-state index < -0.39 is 11.0 Å². The van der Waals surface area contributed by atoms with E-state index in [0.29, 0.717) is 11.6 Å². The number of aliphatic imine (C=N–C) groups is 1. The zero-order valence-electron chi connectivity index (χ0n) is 11.2. The summed E-state index contributed by atoms with van der Waals surface area (Å²) in [5, 5.41) is 0.616. The van der Waals surface area contributed by atoms with Gasteiger partial charge in [-0.25, -0.2) is 13.9 Å². The van der Waals surface area contributed by atoms with Crippen LogP contribution < -0.4 is 4.72 Å². The first-order valence-corrected chi connectivity index (χ1v) is 7.59. The van der Waals surface area contributed by atoms with Crippen LogP contribution in [0.15, 0.2) is 29.4 Å². The first-order chi connectivity index (χ1) is 8.34. The number of nitrogens with one attached hydrogen (secondary N) is 1. The van der Waals surface area contributed by atoms with Gasteiger partial charge in [0.05, 0.1) is 27.5 Å². The molecule has 0 radical (unpaired) electrons. The molecule has 0 amide bonds. The summed E-state index contributed by atoms with van der Waals surface area (Å²) in [6.07, 6.45) is 6.20. The van der Waals surface area contributed by atoms with Crippen LogP contribution in [-0.2, 0) is 11.0 Å². The molecule has 0 fully saturated rings. The van der Waals surface area contributed by atoms with E-state index >= 15 is 0 Å². The summed E-state index contributed by atoms with van der Waals surface area (Å²) in [5.74, 6) is 0. The quantitative estimate of drug-likeness (QED) is 0.775. The topological polar surface area (TPSA) is 41.5 Å². The van der Waals surface area contributed by atoms with Crippen LogP contribution in [0.3, 0.4) is 0 Å². The molecule has 3 nitrogen and oxygen atoms in total. The van der Waals surface area contributed by atoms with Crippen molar-refractivity contribution < 1.29 is 4.21 Å². The molecule has 102 valence electrons. The van der Waals surface area contributed by atoms with Gasteiger partial charge < -0.3 is 0 Å². The molecule has 0 aromatic rings. The van der Waals surface area contributed by atoms with Gasteiger partial charge in [0, 0.05) is 6.42 Å². The Bertz CT molecular complexity index is 396. The normalized spacial score (nSPS) is 19.8. The molecule has 1 unspecified atom stereocenters. The molecule has 1 aliphatic rings. The van der Waals surface area contributed by atoms with Gasteiger partial charge in [0.1, 0.15) is 5.17 Å². The van der Waals surface area contributed by atoms with Crippen molar-refractivity contribution >= 4 is 27.8 Å². The molecule has 1 N–H and O–H groups in total. The van der Waals surface area contributed by atoms with Crippen LogP contribution in [0.5, 0.6) is 0 Å². The number of halogens is 1. The maximum atomic E-state index is 12.1. The molecule has 0 aromatic carbocycles. The van der Waals surface area contributed by atoms with Crippen molar-refractivity contribution in [2.45, 2.75) is 50.8 Å². The highest BCUT2D eigenvalue weighted by atomic mass is 35.5. The molecule has 1 aliphatic heterocycles. The van der Waals surface area contributed by atoms with Crippen LogP contribution in [0.25, 0.3) is 0 Å². The van der Waals surface area contributed by atoms with Crippen molar-refractivity contribution in [1.29, 1.82) is 0 Å². The fourth-order valence-electron chi connectivity index (χ4n) is 1.50. The second-order valence-electron chi connectivity index (χ2n) is 5.23. The third-order valence-electron chi connectivity index (χ3n) is 2.52. The Hall–Kier alpha value is -0.450. The largest absolute Gasteiger partial charge is 0.244 e. The monoisotopic (exact) mass is 288 g/mol. The molecule has 1 rings (SSSR count). The summed E-state index contributed by atoms with van der Waals surface area (Å²) in [5.41, 5.74) is 0.865. The Kier molecular flexibility index (Phi) is 5.76. The number of rotatable bonds is 5. The van der Waals surface area contributed by atoms with Gasteiger partial charge in [-0.3, -0.25) is 0 Å². The van der Waals surface area contributed by atoms with Crippen molar-refractivity contribution in [3.8, 4) is 0 Å². The van der Waals surface area contributed by atoms with Crippen molar-refractivity contribution in [3.63, 3.8) is 0 Å². The van der Waals surface area contributed by atoms with Crippen LogP contribution >= 0.6 is 11.6 Å². The van der Waals surface area contributed by atoms with E-state index in [1.165, 1.54) is 0 Å². The van der Waals surface area contributed by atoms with Gasteiger partial charge in [-0.05, 0) is 33.6 Å². The smallest absolute Gasteiger partial charge is 0.106 e. The van der Waals surface area contributed by atoms with Gasteiger partial charge in [0.25, 0.3) is 0 Å². The standard InChI is InChI=1S/C13H21ClN2OS/c1-5-7-11(16-18(17)13(2,3)4)10-8-6-9-12(14)15-10/h5,8,11,16H,1,6-7,9H2,2-4H3/t11-,18?/m0/s1. The highest BCUT2D eigenvalue weighted by Gasteiger charge is 2.24. The zero-order valence-corrected chi connectivity index (χ0v) is 12.8. The molecule has 1 heterocycles. The van der Waals surface area contributed by atoms with Gasteiger partial charge in [-0.1, -0.05) is 23.8 Å². The Balaban J connectivity index is 2.81. The van der Waals surface area contributed by atoms with Crippen molar-refractivity contribution in [3.05, 3.63) is 24.4 Å². The average molecular weight is 289 g/mol. The minimum Gasteiger partial charge on any atom is -0.244 e. The van der Waals surface area contributed by atoms with Gasteiger partial charge in [0.2, 0.25) is 0 Å². The Morgan fingerprint density at radius 1 is 1.67 bits per heavy atom. The maximum Gasteiger partial charge on any atom is 0.106 e. The second kappa shape index (κ2) is 6.64. The average Bonchev–Trinajstić information content (AvgIpc) is 2.27. The van der Waals surface area contributed by atoms with Gasteiger partial charge >= 0.3 is 0 Å². The van der Waals surface area contributed by atoms with Crippen LogP contribution in [0.2, 0.25) is 0 Å². The lowest BCUT2D eigenvalue weighted by atomic mass is 10.1. The SMILES string of the molecule is C=CC[C@H](NS(=O)C(C)(C)C)C1=CCCC(Cl)=N1. The predicted molar refractivity (Wildman–Crippen MR) is 80.2 cm³/mol. The van der Waals surface area contributed by atoms with Crippen LogP contribution in [0, 0.1) is 0 Å². The Morgan fingerprint density at radius 2 is 2.33 bits per heavy atom. The summed E-state index contributed by atoms with van der Waals surface area (Å²) in [6.45, 7) is 9.55. The van der Waals surface area contributed by atoms with Gasteiger partial charge in [0.15, 0.2) is 0 Å². The number of hydrogen-bond donors (Lipinski definition) is 1. The fraction of sp³-hybridized carbons (Fsp3) is 0.615. The van der Waals surface area contributed by atoms with E-state index in [1.807, 2.05) is 26.8 Å². The molecular weight excluding hydrogens is 268 g/mol. The Morgan fingerprint density at radius 3 is 2.83 bits per heavy atom.